The van der Waals surface area contributed by atoms with Gasteiger partial charge in [0.15, 0.2) is 11.6 Å². The van der Waals surface area contributed by atoms with Crippen molar-refractivity contribution in [1.82, 2.24) is 9.88 Å². The lowest BCUT2D eigenvalue weighted by Gasteiger charge is -2.25. The minimum Gasteiger partial charge on any atom is -0.356 e. The van der Waals surface area contributed by atoms with Gasteiger partial charge in [0.25, 0.3) is 5.91 Å². The number of H-pyrrole nitrogens is 1. The lowest BCUT2D eigenvalue weighted by molar-refractivity contribution is 0.0737. The molecule has 20 heavy (non-hydrogen) atoms. The Bertz CT molecular complexity index is 642. The largest absolute Gasteiger partial charge is 0.356 e. The quantitative estimate of drug-likeness (QED) is 0.902. The monoisotopic (exact) mass is 342 g/mol. The van der Waals surface area contributed by atoms with E-state index in [1.807, 2.05) is 0 Å². The van der Waals surface area contributed by atoms with E-state index in [1.165, 1.54) is 11.0 Å². The van der Waals surface area contributed by atoms with E-state index < -0.39 is 11.6 Å². The lowest BCUT2D eigenvalue weighted by atomic mass is 10.1. The summed E-state index contributed by atoms with van der Waals surface area (Å²) in [4.78, 5) is 16.5. The molecule has 0 fully saturated rings. The van der Waals surface area contributed by atoms with Crippen LogP contribution < -0.4 is 0 Å². The number of benzene rings is 1. The zero-order valence-electron chi connectivity index (χ0n) is 11.0. The second-order valence-corrected chi connectivity index (χ2v) is 5.41. The van der Waals surface area contributed by atoms with Crippen LogP contribution in [-0.2, 0) is 0 Å². The third-order valence-corrected chi connectivity index (χ3v) is 3.66. The van der Waals surface area contributed by atoms with Gasteiger partial charge in [0.05, 0.1) is 6.04 Å². The number of halogens is 3. The van der Waals surface area contributed by atoms with Crippen LogP contribution in [0, 0.1) is 11.6 Å². The van der Waals surface area contributed by atoms with Gasteiger partial charge in [0, 0.05) is 17.7 Å². The summed E-state index contributed by atoms with van der Waals surface area (Å²) in [6.07, 6.45) is 1.66. The molecule has 0 spiro atoms. The zero-order chi connectivity index (χ0) is 14.9. The molecule has 1 aromatic carbocycles. The number of rotatable bonds is 3. The van der Waals surface area contributed by atoms with E-state index in [0.717, 1.165) is 16.6 Å². The number of amides is 1. The number of aromatic amines is 1. The summed E-state index contributed by atoms with van der Waals surface area (Å²) in [5.41, 5.74) is 0.958. The predicted molar refractivity (Wildman–Crippen MR) is 75.4 cm³/mol. The first-order chi connectivity index (χ1) is 9.40. The summed E-state index contributed by atoms with van der Waals surface area (Å²) < 4.78 is 26.9. The normalized spacial score (nSPS) is 12.2. The highest BCUT2D eigenvalue weighted by Gasteiger charge is 2.20. The number of hydrogen-bond donors (Lipinski definition) is 1. The topological polar surface area (TPSA) is 36.1 Å². The van der Waals surface area contributed by atoms with E-state index in [0.29, 0.717) is 11.3 Å². The van der Waals surface area contributed by atoms with Crippen LogP contribution in [0.1, 0.15) is 29.0 Å². The molecule has 1 atom stereocenters. The molecule has 0 aliphatic heterocycles. The number of carbonyl (C=O) groups is 1. The van der Waals surface area contributed by atoms with Crippen LogP contribution >= 0.6 is 15.9 Å². The number of hydrogen-bond acceptors (Lipinski definition) is 1. The van der Waals surface area contributed by atoms with E-state index in [1.54, 1.807) is 26.2 Å². The highest BCUT2D eigenvalue weighted by molar-refractivity contribution is 9.10. The molecule has 0 bridgehead atoms. The molecule has 1 aromatic heterocycles. The van der Waals surface area contributed by atoms with Crippen LogP contribution in [0.4, 0.5) is 8.78 Å². The molecule has 6 heteroatoms. The Hall–Kier alpha value is -1.69. The Morgan fingerprint density at radius 2 is 2.00 bits per heavy atom. The standard InChI is InChI=1S/C14H13BrF2N2O/c1-8(9-3-4-11(16)12(17)5-9)19(2)14(20)13-6-10(15)7-18-13/h3-8,18H,1-2H3. The number of nitrogens with zero attached hydrogens (tertiary/aromatic N) is 1. The second kappa shape index (κ2) is 5.75. The fraction of sp³-hybridized carbons (Fsp3) is 0.214. The molecule has 2 rings (SSSR count). The van der Waals surface area contributed by atoms with Crippen LogP contribution in [0.25, 0.3) is 0 Å². The average molecular weight is 343 g/mol. The molecule has 106 valence electrons. The van der Waals surface area contributed by atoms with Gasteiger partial charge in [-0.3, -0.25) is 4.79 Å². The smallest absolute Gasteiger partial charge is 0.270 e. The molecule has 1 N–H and O–H groups in total. The van der Waals surface area contributed by atoms with Crippen molar-refractivity contribution in [2.45, 2.75) is 13.0 Å². The molecule has 1 amide bonds. The first-order valence-electron chi connectivity index (χ1n) is 5.96. The first-order valence-corrected chi connectivity index (χ1v) is 6.75. The maximum Gasteiger partial charge on any atom is 0.270 e. The third kappa shape index (κ3) is 2.90. The molecule has 1 unspecified atom stereocenters. The van der Waals surface area contributed by atoms with Crippen molar-refractivity contribution >= 4 is 21.8 Å². The van der Waals surface area contributed by atoms with Crippen molar-refractivity contribution in [3.05, 3.63) is 57.8 Å². The molecular weight excluding hydrogens is 330 g/mol. The van der Waals surface area contributed by atoms with Crippen LogP contribution in [0.15, 0.2) is 34.9 Å². The van der Waals surface area contributed by atoms with Gasteiger partial charge in [0.2, 0.25) is 0 Å². The van der Waals surface area contributed by atoms with Crippen LogP contribution in [0.2, 0.25) is 0 Å². The maximum atomic E-state index is 13.2. The molecule has 1 heterocycles. The SMILES string of the molecule is CC(c1ccc(F)c(F)c1)N(C)C(=O)c1cc(Br)c[nH]1. The van der Waals surface area contributed by atoms with Crippen LogP contribution in [-0.4, -0.2) is 22.8 Å². The summed E-state index contributed by atoms with van der Waals surface area (Å²) in [5.74, 6) is -2.05. The van der Waals surface area contributed by atoms with Gasteiger partial charge < -0.3 is 9.88 Å². The van der Waals surface area contributed by atoms with Crippen LogP contribution in [0.5, 0.6) is 0 Å². The van der Waals surface area contributed by atoms with Crippen molar-refractivity contribution in [1.29, 1.82) is 0 Å². The maximum absolute atomic E-state index is 13.2. The number of nitrogens with one attached hydrogen (secondary N) is 1. The molecular formula is C14H13BrF2N2O. The van der Waals surface area contributed by atoms with E-state index in [-0.39, 0.29) is 11.9 Å². The van der Waals surface area contributed by atoms with Gasteiger partial charge in [-0.1, -0.05) is 6.07 Å². The lowest BCUT2D eigenvalue weighted by Crippen LogP contribution is -2.30. The van der Waals surface area contributed by atoms with Crippen molar-refractivity contribution in [3.8, 4) is 0 Å². The van der Waals surface area contributed by atoms with Gasteiger partial charge in [-0.25, -0.2) is 8.78 Å². The highest BCUT2D eigenvalue weighted by atomic mass is 79.9. The van der Waals surface area contributed by atoms with Crippen molar-refractivity contribution in [3.63, 3.8) is 0 Å². The molecule has 0 radical (unpaired) electrons. The first kappa shape index (κ1) is 14.7. The van der Waals surface area contributed by atoms with Gasteiger partial charge in [0.1, 0.15) is 5.69 Å². The van der Waals surface area contributed by atoms with E-state index in [4.69, 9.17) is 0 Å². The van der Waals surface area contributed by atoms with E-state index in [2.05, 4.69) is 20.9 Å². The van der Waals surface area contributed by atoms with E-state index in [9.17, 15) is 13.6 Å². The summed E-state index contributed by atoms with van der Waals surface area (Å²) in [5, 5.41) is 0. The van der Waals surface area contributed by atoms with Crippen LogP contribution in [0.3, 0.4) is 0 Å². The molecule has 0 aliphatic carbocycles. The molecule has 0 aliphatic rings. The molecule has 0 saturated heterocycles. The highest BCUT2D eigenvalue weighted by Crippen LogP contribution is 2.23. The van der Waals surface area contributed by atoms with Gasteiger partial charge >= 0.3 is 0 Å². The number of aromatic nitrogens is 1. The summed E-state index contributed by atoms with van der Waals surface area (Å²) in [6, 6.07) is 4.92. The van der Waals surface area contributed by atoms with Gasteiger partial charge in [-0.15, -0.1) is 0 Å². The summed E-state index contributed by atoms with van der Waals surface area (Å²) in [6.45, 7) is 1.75. The van der Waals surface area contributed by atoms with Gasteiger partial charge in [-0.05, 0) is 46.6 Å². The Balaban J connectivity index is 2.21. The van der Waals surface area contributed by atoms with Crippen molar-refractivity contribution in [2.24, 2.45) is 0 Å². The average Bonchev–Trinajstić information content (AvgIpc) is 2.86. The Morgan fingerprint density at radius 3 is 2.55 bits per heavy atom. The number of carbonyl (C=O) groups excluding carboxylic acids is 1. The molecule has 0 saturated carbocycles. The Kier molecular flexibility index (Phi) is 4.23. The molecule has 3 nitrogen and oxygen atoms in total. The predicted octanol–water partition coefficient (Wildman–Crippen LogP) is 3.89. The fourth-order valence-corrected chi connectivity index (χ4v) is 2.20. The second-order valence-electron chi connectivity index (χ2n) is 4.50. The zero-order valence-corrected chi connectivity index (χ0v) is 12.5. The van der Waals surface area contributed by atoms with Gasteiger partial charge in [-0.2, -0.15) is 0 Å². The van der Waals surface area contributed by atoms with E-state index >= 15 is 0 Å². The molecule has 2 aromatic rings. The minimum absolute atomic E-state index is 0.229. The fourth-order valence-electron chi connectivity index (χ4n) is 1.85. The Morgan fingerprint density at radius 1 is 1.30 bits per heavy atom. The Labute approximate surface area is 123 Å². The van der Waals surface area contributed by atoms with Crippen molar-refractivity contribution in [2.75, 3.05) is 7.05 Å². The van der Waals surface area contributed by atoms with Crippen molar-refractivity contribution < 1.29 is 13.6 Å². The summed E-state index contributed by atoms with van der Waals surface area (Å²) >= 11 is 3.26. The third-order valence-electron chi connectivity index (χ3n) is 3.21. The summed E-state index contributed by atoms with van der Waals surface area (Å²) in [7, 11) is 1.61. The minimum atomic E-state index is -0.919.